The van der Waals surface area contributed by atoms with Crippen molar-refractivity contribution in [2.24, 2.45) is 0 Å². The highest BCUT2D eigenvalue weighted by atomic mass is 16.5. The second-order valence-electron chi connectivity index (χ2n) is 7.73. The van der Waals surface area contributed by atoms with Gasteiger partial charge in [0.15, 0.2) is 5.82 Å². The van der Waals surface area contributed by atoms with Crippen molar-refractivity contribution in [3.05, 3.63) is 28.7 Å². The molecule has 1 atom stereocenters. The molecule has 0 radical (unpaired) electrons. The van der Waals surface area contributed by atoms with Crippen molar-refractivity contribution in [3.8, 4) is 0 Å². The first-order chi connectivity index (χ1) is 13.4. The summed E-state index contributed by atoms with van der Waals surface area (Å²) in [6.45, 7) is 8.58. The normalized spacial score (nSPS) is 19.6. The van der Waals surface area contributed by atoms with Gasteiger partial charge in [-0.2, -0.15) is 0 Å². The highest BCUT2D eigenvalue weighted by Gasteiger charge is 2.31. The molecule has 2 aliphatic heterocycles. The third-order valence-electron chi connectivity index (χ3n) is 5.88. The molecular formula is C19H26N6O3. The molecule has 0 N–H and O–H groups in total. The average Bonchev–Trinajstić information content (AvgIpc) is 3.25. The fourth-order valence-corrected chi connectivity index (χ4v) is 4.19. The minimum absolute atomic E-state index is 0.0469. The van der Waals surface area contributed by atoms with Crippen LogP contribution in [0.25, 0.3) is 0 Å². The molecule has 0 bridgehead atoms. The molecule has 28 heavy (non-hydrogen) atoms. The molecule has 0 aromatic carbocycles. The van der Waals surface area contributed by atoms with Crippen LogP contribution in [-0.2, 0) is 29.1 Å². The number of amides is 2. The van der Waals surface area contributed by atoms with Gasteiger partial charge in [-0.3, -0.25) is 9.59 Å². The molecule has 2 aliphatic rings. The third kappa shape index (κ3) is 3.41. The Morgan fingerprint density at radius 3 is 2.68 bits per heavy atom. The summed E-state index contributed by atoms with van der Waals surface area (Å²) in [6, 6.07) is 0. The topological polar surface area (TPSA) is 97.4 Å². The first kappa shape index (κ1) is 18.6. The Kier molecular flexibility index (Phi) is 4.91. The zero-order valence-corrected chi connectivity index (χ0v) is 16.6. The molecular weight excluding hydrogens is 360 g/mol. The van der Waals surface area contributed by atoms with E-state index in [1.807, 2.05) is 23.6 Å². The average molecular weight is 386 g/mol. The van der Waals surface area contributed by atoms with E-state index in [1.54, 1.807) is 6.92 Å². The van der Waals surface area contributed by atoms with Crippen LogP contribution < -0.4 is 0 Å². The van der Waals surface area contributed by atoms with Crippen LogP contribution in [0.3, 0.4) is 0 Å². The molecule has 4 rings (SSSR count). The Bertz CT molecular complexity index is 882. The molecule has 2 aromatic rings. The van der Waals surface area contributed by atoms with E-state index < -0.39 is 0 Å². The van der Waals surface area contributed by atoms with Gasteiger partial charge in [0.25, 0.3) is 0 Å². The molecule has 0 spiro atoms. The molecule has 0 saturated carbocycles. The maximum atomic E-state index is 12.8. The van der Waals surface area contributed by atoms with Crippen LogP contribution in [0.5, 0.6) is 0 Å². The number of hydrogen-bond donors (Lipinski definition) is 0. The maximum Gasteiger partial charge on any atom is 0.227 e. The van der Waals surface area contributed by atoms with Crippen molar-refractivity contribution in [1.29, 1.82) is 0 Å². The minimum Gasteiger partial charge on any atom is -0.361 e. The summed E-state index contributed by atoms with van der Waals surface area (Å²) in [7, 11) is 0. The molecule has 2 aromatic heterocycles. The predicted octanol–water partition coefficient (Wildman–Crippen LogP) is 1.19. The van der Waals surface area contributed by atoms with Gasteiger partial charge in [0, 0.05) is 44.6 Å². The summed E-state index contributed by atoms with van der Waals surface area (Å²) in [5, 5.41) is 12.7. The van der Waals surface area contributed by atoms with E-state index in [0.29, 0.717) is 38.4 Å². The number of carbonyl (C=O) groups excluding carboxylic acids is 2. The number of likely N-dealkylation sites (tertiary alicyclic amines) is 1. The van der Waals surface area contributed by atoms with Crippen LogP contribution in [0.15, 0.2) is 4.52 Å². The van der Waals surface area contributed by atoms with Gasteiger partial charge < -0.3 is 18.9 Å². The lowest BCUT2D eigenvalue weighted by Crippen LogP contribution is -2.41. The largest absolute Gasteiger partial charge is 0.361 e. The van der Waals surface area contributed by atoms with Crippen LogP contribution in [0, 0.1) is 13.8 Å². The molecule has 9 nitrogen and oxygen atoms in total. The summed E-state index contributed by atoms with van der Waals surface area (Å²) >= 11 is 0. The first-order valence-corrected chi connectivity index (χ1v) is 9.81. The van der Waals surface area contributed by atoms with Gasteiger partial charge in [0.2, 0.25) is 11.8 Å². The highest BCUT2D eigenvalue weighted by molar-refractivity contribution is 5.79. The summed E-state index contributed by atoms with van der Waals surface area (Å²) in [4.78, 5) is 28.2. The maximum absolute atomic E-state index is 12.8. The van der Waals surface area contributed by atoms with E-state index in [2.05, 4.69) is 19.9 Å². The Morgan fingerprint density at radius 2 is 1.96 bits per heavy atom. The number of aromatic nitrogens is 4. The SMILES string of the molecule is CC(=O)N1CCCC(c2nnc3n2CCN(C(=O)Cc2c(C)noc2C)C3)C1. The summed E-state index contributed by atoms with van der Waals surface area (Å²) in [6.07, 6.45) is 2.28. The van der Waals surface area contributed by atoms with Crippen molar-refractivity contribution >= 4 is 11.8 Å². The zero-order valence-electron chi connectivity index (χ0n) is 16.6. The lowest BCUT2D eigenvalue weighted by Gasteiger charge is -2.33. The van der Waals surface area contributed by atoms with Gasteiger partial charge in [-0.25, -0.2) is 0 Å². The standard InChI is InChI=1S/C19H26N6O3/c1-12-16(13(2)28-22-12)9-18(27)24-7-8-25-17(11-24)20-21-19(25)15-5-4-6-23(10-15)14(3)26/h15H,4-11H2,1-3H3. The van der Waals surface area contributed by atoms with Crippen LogP contribution in [0.1, 0.15) is 54.3 Å². The molecule has 150 valence electrons. The molecule has 1 unspecified atom stereocenters. The quantitative estimate of drug-likeness (QED) is 0.786. The van der Waals surface area contributed by atoms with E-state index in [9.17, 15) is 9.59 Å². The van der Waals surface area contributed by atoms with Crippen LogP contribution in [0.2, 0.25) is 0 Å². The van der Waals surface area contributed by atoms with E-state index in [0.717, 1.165) is 42.3 Å². The summed E-state index contributed by atoms with van der Waals surface area (Å²) < 4.78 is 7.29. The fraction of sp³-hybridized carbons (Fsp3) is 0.632. The first-order valence-electron chi connectivity index (χ1n) is 9.81. The van der Waals surface area contributed by atoms with Crippen LogP contribution >= 0.6 is 0 Å². The Balaban J connectivity index is 1.45. The minimum atomic E-state index is 0.0469. The van der Waals surface area contributed by atoms with Gasteiger partial charge in [-0.15, -0.1) is 10.2 Å². The number of hydrogen-bond acceptors (Lipinski definition) is 6. The molecule has 1 saturated heterocycles. The van der Waals surface area contributed by atoms with Gasteiger partial charge in [-0.1, -0.05) is 5.16 Å². The van der Waals surface area contributed by atoms with Crippen molar-refractivity contribution in [3.63, 3.8) is 0 Å². The third-order valence-corrected chi connectivity index (χ3v) is 5.88. The fourth-order valence-electron chi connectivity index (χ4n) is 4.19. The number of rotatable bonds is 3. The van der Waals surface area contributed by atoms with E-state index in [-0.39, 0.29) is 17.7 Å². The molecule has 2 amide bonds. The second kappa shape index (κ2) is 7.37. The lowest BCUT2D eigenvalue weighted by atomic mass is 9.97. The Labute approximate surface area is 163 Å². The van der Waals surface area contributed by atoms with Gasteiger partial charge in [0.1, 0.15) is 11.6 Å². The van der Waals surface area contributed by atoms with Gasteiger partial charge in [-0.05, 0) is 26.7 Å². The van der Waals surface area contributed by atoms with E-state index in [4.69, 9.17) is 4.52 Å². The number of piperidine rings is 1. The smallest absolute Gasteiger partial charge is 0.227 e. The molecule has 0 aliphatic carbocycles. The summed E-state index contributed by atoms with van der Waals surface area (Å²) in [5.74, 6) is 2.82. The van der Waals surface area contributed by atoms with Crippen LogP contribution in [0.4, 0.5) is 0 Å². The van der Waals surface area contributed by atoms with Crippen LogP contribution in [-0.4, -0.2) is 61.2 Å². The van der Waals surface area contributed by atoms with Crippen molar-refractivity contribution in [2.45, 2.75) is 59.0 Å². The second-order valence-corrected chi connectivity index (χ2v) is 7.73. The molecule has 4 heterocycles. The number of carbonyl (C=O) groups is 2. The van der Waals surface area contributed by atoms with Gasteiger partial charge >= 0.3 is 0 Å². The lowest BCUT2D eigenvalue weighted by molar-refractivity contribution is -0.132. The number of aryl methyl sites for hydroxylation is 2. The van der Waals surface area contributed by atoms with E-state index >= 15 is 0 Å². The van der Waals surface area contributed by atoms with Crippen molar-refractivity contribution < 1.29 is 14.1 Å². The van der Waals surface area contributed by atoms with Gasteiger partial charge in [0.05, 0.1) is 18.7 Å². The molecule has 9 heteroatoms. The molecule has 1 fully saturated rings. The van der Waals surface area contributed by atoms with Crippen molar-refractivity contribution in [2.75, 3.05) is 19.6 Å². The van der Waals surface area contributed by atoms with E-state index in [1.165, 1.54) is 0 Å². The predicted molar refractivity (Wildman–Crippen MR) is 99.3 cm³/mol. The Hall–Kier alpha value is -2.71. The zero-order chi connectivity index (χ0) is 19.8. The highest BCUT2D eigenvalue weighted by Crippen LogP contribution is 2.28. The number of nitrogens with zero attached hydrogens (tertiary/aromatic N) is 6. The monoisotopic (exact) mass is 386 g/mol. The Morgan fingerprint density at radius 1 is 1.14 bits per heavy atom. The van der Waals surface area contributed by atoms with Crippen molar-refractivity contribution in [1.82, 2.24) is 29.7 Å². The summed E-state index contributed by atoms with van der Waals surface area (Å²) in [5.41, 5.74) is 1.63. The number of fused-ring (bicyclic) bond motifs is 1.